The second kappa shape index (κ2) is 7.80. The summed E-state index contributed by atoms with van der Waals surface area (Å²) in [6.45, 7) is 3.39. The highest BCUT2D eigenvalue weighted by molar-refractivity contribution is 6.32. The van der Waals surface area contributed by atoms with Crippen molar-refractivity contribution in [1.29, 1.82) is 0 Å². The Morgan fingerprint density at radius 2 is 2.00 bits per heavy atom. The van der Waals surface area contributed by atoms with Gasteiger partial charge in [-0.3, -0.25) is 14.5 Å². The molecule has 7 heteroatoms. The highest BCUT2D eigenvalue weighted by Gasteiger charge is 2.23. The van der Waals surface area contributed by atoms with Crippen molar-refractivity contribution in [3.8, 4) is 11.4 Å². The Balaban J connectivity index is 1.43. The molecule has 0 spiro atoms. The number of halogens is 1. The Kier molecular flexibility index (Phi) is 4.96. The first-order valence-electron chi connectivity index (χ1n) is 10.1. The molecule has 156 valence electrons. The van der Waals surface area contributed by atoms with Crippen molar-refractivity contribution >= 4 is 22.6 Å². The number of aromatic nitrogens is 2. The first-order chi connectivity index (χ1) is 15.0. The van der Waals surface area contributed by atoms with Gasteiger partial charge in [0.25, 0.3) is 5.56 Å². The molecule has 4 aromatic rings. The van der Waals surface area contributed by atoms with Crippen molar-refractivity contribution < 1.29 is 4.42 Å². The molecule has 2 aromatic heterocycles. The van der Waals surface area contributed by atoms with Crippen LogP contribution in [0.2, 0.25) is 5.02 Å². The van der Waals surface area contributed by atoms with Gasteiger partial charge >= 0.3 is 0 Å². The van der Waals surface area contributed by atoms with Crippen LogP contribution in [0.4, 0.5) is 0 Å². The zero-order valence-corrected chi connectivity index (χ0v) is 17.7. The van der Waals surface area contributed by atoms with E-state index in [1.807, 2.05) is 37.3 Å². The van der Waals surface area contributed by atoms with Crippen LogP contribution in [0.5, 0.6) is 0 Å². The molecule has 1 aliphatic rings. The number of hydrogen-bond acceptors (Lipinski definition) is 5. The molecule has 31 heavy (non-hydrogen) atoms. The number of nitrogens with one attached hydrogen (secondary N) is 1. The summed E-state index contributed by atoms with van der Waals surface area (Å²) < 4.78 is 5.69. The summed E-state index contributed by atoms with van der Waals surface area (Å²) in [4.78, 5) is 35.3. The highest BCUT2D eigenvalue weighted by atomic mass is 35.5. The maximum absolute atomic E-state index is 13.0. The number of aryl methyl sites for hydroxylation is 1. The molecule has 0 fully saturated rings. The van der Waals surface area contributed by atoms with E-state index in [-0.39, 0.29) is 11.0 Å². The molecule has 3 heterocycles. The second-order valence-electron chi connectivity index (χ2n) is 7.85. The Labute approximate surface area is 183 Å². The van der Waals surface area contributed by atoms with E-state index in [9.17, 15) is 9.59 Å². The number of H-pyrrole nitrogens is 1. The zero-order chi connectivity index (χ0) is 21.5. The van der Waals surface area contributed by atoms with E-state index in [1.54, 1.807) is 12.1 Å². The van der Waals surface area contributed by atoms with E-state index in [0.717, 1.165) is 16.8 Å². The fraction of sp³-hybridized carbons (Fsp3) is 0.208. The van der Waals surface area contributed by atoms with Gasteiger partial charge in [-0.15, -0.1) is 0 Å². The molecule has 5 rings (SSSR count). The highest BCUT2D eigenvalue weighted by Crippen LogP contribution is 2.23. The molecule has 0 atom stereocenters. The number of hydrogen-bond donors (Lipinski definition) is 1. The molecule has 0 bridgehead atoms. The van der Waals surface area contributed by atoms with Crippen molar-refractivity contribution in [3.63, 3.8) is 0 Å². The van der Waals surface area contributed by atoms with E-state index in [2.05, 4.69) is 14.9 Å². The quantitative estimate of drug-likeness (QED) is 0.527. The molecular formula is C24H20ClN3O3. The molecule has 0 saturated heterocycles. The van der Waals surface area contributed by atoms with Crippen LogP contribution in [-0.2, 0) is 19.5 Å². The monoisotopic (exact) mass is 433 g/mol. The van der Waals surface area contributed by atoms with E-state index < -0.39 is 0 Å². The predicted molar refractivity (Wildman–Crippen MR) is 120 cm³/mol. The molecule has 0 saturated carbocycles. The smallest absolute Gasteiger partial charge is 0.255 e. The average molecular weight is 434 g/mol. The molecule has 1 aliphatic heterocycles. The summed E-state index contributed by atoms with van der Waals surface area (Å²) in [5.74, 6) is 0.583. The Bertz CT molecular complexity index is 1410. The van der Waals surface area contributed by atoms with Gasteiger partial charge in [0.2, 0.25) is 0 Å². The fourth-order valence-electron chi connectivity index (χ4n) is 3.99. The third-order valence-corrected chi connectivity index (χ3v) is 6.12. The van der Waals surface area contributed by atoms with Crippen molar-refractivity contribution in [2.45, 2.75) is 26.4 Å². The van der Waals surface area contributed by atoms with Crippen molar-refractivity contribution in [2.75, 3.05) is 6.54 Å². The van der Waals surface area contributed by atoms with Crippen LogP contribution in [-0.4, -0.2) is 21.4 Å². The second-order valence-corrected chi connectivity index (χ2v) is 8.26. The Morgan fingerprint density at radius 1 is 1.19 bits per heavy atom. The minimum Gasteiger partial charge on any atom is -0.464 e. The minimum atomic E-state index is -0.138. The van der Waals surface area contributed by atoms with Gasteiger partial charge in [0, 0.05) is 42.2 Å². The van der Waals surface area contributed by atoms with Crippen LogP contribution in [0, 0.1) is 6.92 Å². The van der Waals surface area contributed by atoms with Crippen LogP contribution < -0.4 is 11.0 Å². The molecule has 6 nitrogen and oxygen atoms in total. The van der Waals surface area contributed by atoms with E-state index in [1.165, 1.54) is 6.26 Å². The van der Waals surface area contributed by atoms with Gasteiger partial charge in [-0.1, -0.05) is 41.9 Å². The number of rotatable bonds is 3. The standard InChI is InChI=1S/C24H20ClN3O3/c1-14-9-21-17(10-19(14)25)22(29)16(13-31-21)11-28-8-7-20-18(12-28)24(30)27-23(26-20)15-5-3-2-4-6-15/h2-6,9-10,13H,7-8,11-12H2,1H3,(H,26,27,30). The lowest BCUT2D eigenvalue weighted by Crippen LogP contribution is -2.36. The summed E-state index contributed by atoms with van der Waals surface area (Å²) >= 11 is 6.20. The minimum absolute atomic E-state index is 0.0968. The molecule has 0 amide bonds. The van der Waals surface area contributed by atoms with Crippen molar-refractivity contribution in [2.24, 2.45) is 0 Å². The van der Waals surface area contributed by atoms with Crippen LogP contribution in [0.3, 0.4) is 0 Å². The average Bonchev–Trinajstić information content (AvgIpc) is 2.78. The Hall–Kier alpha value is -3.22. The number of fused-ring (bicyclic) bond motifs is 2. The largest absolute Gasteiger partial charge is 0.464 e. The molecule has 0 radical (unpaired) electrons. The Morgan fingerprint density at radius 3 is 2.81 bits per heavy atom. The summed E-state index contributed by atoms with van der Waals surface area (Å²) in [6.07, 6.45) is 2.15. The fourth-order valence-corrected chi connectivity index (χ4v) is 4.15. The van der Waals surface area contributed by atoms with Gasteiger partial charge in [-0.25, -0.2) is 4.98 Å². The van der Waals surface area contributed by atoms with Gasteiger partial charge in [0.05, 0.1) is 22.9 Å². The number of benzene rings is 2. The van der Waals surface area contributed by atoms with Crippen molar-refractivity contribution in [3.05, 3.63) is 96.7 Å². The topological polar surface area (TPSA) is 79.2 Å². The third-order valence-electron chi connectivity index (χ3n) is 5.71. The maximum Gasteiger partial charge on any atom is 0.255 e. The zero-order valence-electron chi connectivity index (χ0n) is 16.9. The number of nitrogens with zero attached hydrogens (tertiary/aromatic N) is 2. The molecule has 0 aliphatic carbocycles. The van der Waals surface area contributed by atoms with E-state index in [4.69, 9.17) is 16.0 Å². The van der Waals surface area contributed by atoms with Crippen LogP contribution in [0.15, 0.2) is 62.7 Å². The first-order valence-corrected chi connectivity index (χ1v) is 10.5. The lowest BCUT2D eigenvalue weighted by molar-refractivity contribution is 0.239. The van der Waals surface area contributed by atoms with Crippen LogP contribution >= 0.6 is 11.6 Å². The molecule has 2 aromatic carbocycles. The van der Waals surface area contributed by atoms with Crippen molar-refractivity contribution in [1.82, 2.24) is 14.9 Å². The molecule has 0 unspecified atom stereocenters. The SMILES string of the molecule is Cc1cc2occ(CN3CCc4nc(-c5ccccc5)[nH]c(=O)c4C3)c(=O)c2cc1Cl. The van der Waals surface area contributed by atoms with Gasteiger partial charge in [0.1, 0.15) is 11.4 Å². The number of aromatic amines is 1. The molecular weight excluding hydrogens is 414 g/mol. The summed E-state index contributed by atoms with van der Waals surface area (Å²) in [5.41, 5.74) is 4.03. The van der Waals surface area contributed by atoms with Gasteiger partial charge in [-0.2, -0.15) is 0 Å². The summed E-state index contributed by atoms with van der Waals surface area (Å²) in [6, 6.07) is 13.0. The lowest BCUT2D eigenvalue weighted by atomic mass is 10.0. The van der Waals surface area contributed by atoms with Gasteiger partial charge in [-0.05, 0) is 24.6 Å². The van der Waals surface area contributed by atoms with Gasteiger partial charge in [0.15, 0.2) is 5.43 Å². The normalized spacial score (nSPS) is 14.0. The van der Waals surface area contributed by atoms with E-state index in [0.29, 0.717) is 59.0 Å². The predicted octanol–water partition coefficient (Wildman–Crippen LogP) is 4.06. The molecule has 1 N–H and O–H groups in total. The summed E-state index contributed by atoms with van der Waals surface area (Å²) in [5, 5.41) is 1.01. The maximum atomic E-state index is 13.0. The lowest BCUT2D eigenvalue weighted by Gasteiger charge is -2.27. The van der Waals surface area contributed by atoms with E-state index >= 15 is 0 Å². The third kappa shape index (κ3) is 3.69. The van der Waals surface area contributed by atoms with Gasteiger partial charge < -0.3 is 9.40 Å². The first kappa shape index (κ1) is 19.7. The van der Waals surface area contributed by atoms with Crippen LogP contribution in [0.1, 0.15) is 22.4 Å². The summed E-state index contributed by atoms with van der Waals surface area (Å²) in [7, 11) is 0. The van der Waals surface area contributed by atoms with Crippen LogP contribution in [0.25, 0.3) is 22.4 Å².